The molecule has 0 fully saturated rings. The van der Waals surface area contributed by atoms with Crippen LogP contribution >= 0.6 is 0 Å². The molecule has 0 unspecified atom stereocenters. The molecule has 0 amide bonds. The van der Waals surface area contributed by atoms with E-state index in [-0.39, 0.29) is 0 Å². The molecule has 0 saturated heterocycles. The van der Waals surface area contributed by atoms with Gasteiger partial charge in [-0.1, -0.05) is 0 Å². The zero-order chi connectivity index (χ0) is 6.69. The van der Waals surface area contributed by atoms with Gasteiger partial charge in [-0.3, -0.25) is 4.98 Å². The van der Waals surface area contributed by atoms with Crippen molar-refractivity contribution in [3.63, 3.8) is 0 Å². The summed E-state index contributed by atoms with van der Waals surface area (Å²) in [6.07, 6.45) is 3.45. The summed E-state index contributed by atoms with van der Waals surface area (Å²) < 4.78 is 0. The highest BCUT2D eigenvalue weighted by atomic mass is 15.1. The Hall–Kier alpha value is -1.05. The van der Waals surface area contributed by atoms with Crippen molar-refractivity contribution in [3.8, 4) is 0 Å². The first kappa shape index (κ1) is 6.08. The molecule has 2 nitrogen and oxygen atoms in total. The van der Waals surface area contributed by atoms with Gasteiger partial charge in [0.2, 0.25) is 0 Å². The van der Waals surface area contributed by atoms with Crippen LogP contribution in [0, 0.1) is 6.07 Å². The SMILES string of the molecule is CN(C)c1c[c]cnc1. The number of nitrogens with zero attached hydrogens (tertiary/aromatic N) is 2. The largest absolute Gasteiger partial charge is 0.376 e. The van der Waals surface area contributed by atoms with Crippen LogP contribution in [0.3, 0.4) is 0 Å². The summed E-state index contributed by atoms with van der Waals surface area (Å²) in [6, 6.07) is 4.79. The summed E-state index contributed by atoms with van der Waals surface area (Å²) in [7, 11) is 3.95. The summed E-state index contributed by atoms with van der Waals surface area (Å²) in [4.78, 5) is 5.90. The van der Waals surface area contributed by atoms with Crippen molar-refractivity contribution in [2.24, 2.45) is 0 Å². The smallest absolute Gasteiger partial charge is 0.0553 e. The van der Waals surface area contributed by atoms with Crippen LogP contribution in [0.4, 0.5) is 5.69 Å². The summed E-state index contributed by atoms with van der Waals surface area (Å²) in [5, 5.41) is 0. The zero-order valence-electron chi connectivity index (χ0n) is 5.63. The predicted molar refractivity (Wildman–Crippen MR) is 37.4 cm³/mol. The second-order valence-corrected chi connectivity index (χ2v) is 2.04. The van der Waals surface area contributed by atoms with Crippen molar-refractivity contribution in [1.29, 1.82) is 0 Å². The van der Waals surface area contributed by atoms with Crippen LogP contribution in [0.1, 0.15) is 0 Å². The zero-order valence-corrected chi connectivity index (χ0v) is 5.63. The third-order valence-electron chi connectivity index (χ3n) is 1.10. The molecule has 47 valence electrons. The second kappa shape index (κ2) is 2.49. The van der Waals surface area contributed by atoms with E-state index >= 15 is 0 Å². The van der Waals surface area contributed by atoms with Crippen molar-refractivity contribution in [2.45, 2.75) is 0 Å². The molecule has 0 aromatic carbocycles. The predicted octanol–water partition coefficient (Wildman–Crippen LogP) is 0.948. The van der Waals surface area contributed by atoms with Crippen LogP contribution in [-0.4, -0.2) is 19.1 Å². The van der Waals surface area contributed by atoms with E-state index in [4.69, 9.17) is 0 Å². The normalized spacial score (nSPS) is 9.11. The molecule has 1 rings (SSSR count). The standard InChI is InChI=1S/C7H9N2/c1-9(2)7-4-3-5-8-6-7/h4-6H,1-2H3. The van der Waals surface area contributed by atoms with Gasteiger partial charge in [0.05, 0.1) is 11.9 Å². The van der Waals surface area contributed by atoms with Gasteiger partial charge in [-0.25, -0.2) is 0 Å². The van der Waals surface area contributed by atoms with E-state index in [0.717, 1.165) is 5.69 Å². The van der Waals surface area contributed by atoms with Crippen LogP contribution in [0.5, 0.6) is 0 Å². The van der Waals surface area contributed by atoms with Crippen LogP contribution in [0.2, 0.25) is 0 Å². The van der Waals surface area contributed by atoms with Gasteiger partial charge < -0.3 is 4.90 Å². The molecule has 0 aliphatic carbocycles. The topological polar surface area (TPSA) is 16.1 Å². The van der Waals surface area contributed by atoms with E-state index in [0.29, 0.717) is 0 Å². The maximum Gasteiger partial charge on any atom is 0.0553 e. The maximum absolute atomic E-state index is 3.91. The fraction of sp³-hybridized carbons (Fsp3) is 0.286. The van der Waals surface area contributed by atoms with E-state index in [1.54, 1.807) is 12.4 Å². The van der Waals surface area contributed by atoms with E-state index in [2.05, 4.69) is 11.1 Å². The number of hydrogen-bond donors (Lipinski definition) is 0. The Morgan fingerprint density at radius 3 is 2.67 bits per heavy atom. The first-order valence-electron chi connectivity index (χ1n) is 2.79. The van der Waals surface area contributed by atoms with Crippen LogP contribution < -0.4 is 4.90 Å². The molecule has 0 bridgehead atoms. The average molecular weight is 121 g/mol. The highest BCUT2D eigenvalue weighted by molar-refractivity contribution is 5.40. The third kappa shape index (κ3) is 1.42. The molecule has 1 aromatic rings. The minimum absolute atomic E-state index is 1.08. The number of aromatic nitrogens is 1. The molecule has 9 heavy (non-hydrogen) atoms. The van der Waals surface area contributed by atoms with Crippen molar-refractivity contribution >= 4 is 5.69 Å². The first-order valence-corrected chi connectivity index (χ1v) is 2.79. The molecule has 1 aromatic heterocycles. The van der Waals surface area contributed by atoms with Crippen molar-refractivity contribution in [3.05, 3.63) is 24.5 Å². The van der Waals surface area contributed by atoms with Crippen LogP contribution in [0.15, 0.2) is 18.5 Å². The minimum atomic E-state index is 1.08. The molecule has 0 atom stereocenters. The summed E-state index contributed by atoms with van der Waals surface area (Å²) >= 11 is 0. The van der Waals surface area contributed by atoms with Crippen LogP contribution in [-0.2, 0) is 0 Å². The second-order valence-electron chi connectivity index (χ2n) is 2.04. The van der Waals surface area contributed by atoms with E-state index in [9.17, 15) is 0 Å². The van der Waals surface area contributed by atoms with Gasteiger partial charge in [0.1, 0.15) is 0 Å². The van der Waals surface area contributed by atoms with Crippen molar-refractivity contribution in [2.75, 3.05) is 19.0 Å². The Balaban J connectivity index is 2.85. The Morgan fingerprint density at radius 2 is 2.33 bits per heavy atom. The molecular weight excluding hydrogens is 112 g/mol. The van der Waals surface area contributed by atoms with Gasteiger partial charge in [0.15, 0.2) is 0 Å². The van der Waals surface area contributed by atoms with Gasteiger partial charge in [0, 0.05) is 26.4 Å². The lowest BCUT2D eigenvalue weighted by Gasteiger charge is -2.09. The van der Waals surface area contributed by atoms with Gasteiger partial charge in [-0.15, -0.1) is 0 Å². The Labute approximate surface area is 55.1 Å². The molecule has 0 aliphatic heterocycles. The van der Waals surface area contributed by atoms with E-state index < -0.39 is 0 Å². The van der Waals surface area contributed by atoms with E-state index in [1.807, 2.05) is 25.1 Å². The van der Waals surface area contributed by atoms with Crippen molar-refractivity contribution in [1.82, 2.24) is 4.98 Å². The van der Waals surface area contributed by atoms with Crippen LogP contribution in [0.25, 0.3) is 0 Å². The first-order chi connectivity index (χ1) is 4.30. The fourth-order valence-electron chi connectivity index (χ4n) is 0.561. The molecule has 1 heterocycles. The summed E-state index contributed by atoms with van der Waals surface area (Å²) in [5.41, 5.74) is 1.08. The fourth-order valence-corrected chi connectivity index (χ4v) is 0.561. The molecular formula is C7H9N2. The van der Waals surface area contributed by atoms with Gasteiger partial charge in [-0.2, -0.15) is 0 Å². The lowest BCUT2D eigenvalue weighted by molar-refractivity contribution is 1.11. The Bertz CT molecular complexity index is 170. The highest BCUT2D eigenvalue weighted by Gasteiger charge is 1.89. The summed E-state index contributed by atoms with van der Waals surface area (Å²) in [5.74, 6) is 0. The number of hydrogen-bond acceptors (Lipinski definition) is 2. The Kier molecular flexibility index (Phi) is 1.68. The number of anilines is 1. The molecule has 0 spiro atoms. The quantitative estimate of drug-likeness (QED) is 0.550. The lowest BCUT2D eigenvalue weighted by atomic mass is 10.4. The summed E-state index contributed by atoms with van der Waals surface area (Å²) in [6.45, 7) is 0. The van der Waals surface area contributed by atoms with Gasteiger partial charge in [0.25, 0.3) is 0 Å². The lowest BCUT2D eigenvalue weighted by Crippen LogP contribution is -2.08. The highest BCUT2D eigenvalue weighted by Crippen LogP contribution is 2.04. The third-order valence-corrected chi connectivity index (χ3v) is 1.10. The molecule has 1 radical (unpaired) electrons. The van der Waals surface area contributed by atoms with Gasteiger partial charge >= 0.3 is 0 Å². The monoisotopic (exact) mass is 121 g/mol. The number of rotatable bonds is 1. The minimum Gasteiger partial charge on any atom is -0.376 e. The number of pyridine rings is 1. The molecule has 0 saturated carbocycles. The molecule has 0 aliphatic rings. The van der Waals surface area contributed by atoms with Gasteiger partial charge in [-0.05, 0) is 6.07 Å². The molecule has 2 heteroatoms. The maximum atomic E-state index is 3.91. The molecule has 0 N–H and O–H groups in total. The Morgan fingerprint density at radius 1 is 1.56 bits per heavy atom. The van der Waals surface area contributed by atoms with Crippen molar-refractivity contribution < 1.29 is 0 Å². The average Bonchev–Trinajstić information content (AvgIpc) is 1.90. The van der Waals surface area contributed by atoms with E-state index in [1.165, 1.54) is 0 Å².